The summed E-state index contributed by atoms with van der Waals surface area (Å²) in [6.07, 6.45) is 0.608. The van der Waals surface area contributed by atoms with Gasteiger partial charge in [0.2, 0.25) is 0 Å². The van der Waals surface area contributed by atoms with E-state index < -0.39 is 17.7 Å². The minimum absolute atomic E-state index is 0.134. The molecule has 140 valence electrons. The maximum absolute atomic E-state index is 12.8. The molecular formula is C22H23NO4. The van der Waals surface area contributed by atoms with Crippen molar-refractivity contribution < 1.29 is 19.4 Å². The molecule has 27 heavy (non-hydrogen) atoms. The molecule has 5 nitrogen and oxygen atoms in total. The van der Waals surface area contributed by atoms with Crippen molar-refractivity contribution in [1.82, 2.24) is 4.90 Å². The van der Waals surface area contributed by atoms with E-state index in [4.69, 9.17) is 4.74 Å². The highest BCUT2D eigenvalue weighted by atomic mass is 16.5. The summed E-state index contributed by atoms with van der Waals surface area (Å²) in [6.45, 7) is 2.82. The van der Waals surface area contributed by atoms with Crippen molar-refractivity contribution in [3.05, 3.63) is 76.9 Å². The summed E-state index contributed by atoms with van der Waals surface area (Å²) in [4.78, 5) is 27.0. The van der Waals surface area contributed by atoms with Crippen molar-refractivity contribution in [3.8, 4) is 0 Å². The highest BCUT2D eigenvalue weighted by Crippen LogP contribution is 2.39. The van der Waals surface area contributed by atoms with Gasteiger partial charge >= 0.3 is 0 Å². The predicted molar refractivity (Wildman–Crippen MR) is 103 cm³/mol. The van der Waals surface area contributed by atoms with Crippen LogP contribution in [0, 0.1) is 6.92 Å². The molecule has 0 radical (unpaired) electrons. The summed E-state index contributed by atoms with van der Waals surface area (Å²) >= 11 is 0. The molecule has 1 aliphatic heterocycles. The van der Waals surface area contributed by atoms with E-state index in [-0.39, 0.29) is 11.3 Å². The number of Topliss-reactive ketones (excluding diaryl/α,β-unsaturated/α-hetero) is 1. The first-order chi connectivity index (χ1) is 13.0. The maximum Gasteiger partial charge on any atom is 0.295 e. The number of aryl methyl sites for hydroxylation is 1. The van der Waals surface area contributed by atoms with Crippen molar-refractivity contribution >= 4 is 17.4 Å². The third-order valence-corrected chi connectivity index (χ3v) is 4.69. The van der Waals surface area contributed by atoms with E-state index >= 15 is 0 Å². The SMILES string of the molecule is COCCCN1C(=O)C(=O)/C(=C(\O)c2ccccc2)C1c1cccc(C)c1. The van der Waals surface area contributed by atoms with Gasteiger partial charge in [-0.1, -0.05) is 60.2 Å². The predicted octanol–water partition coefficient (Wildman–Crippen LogP) is 3.45. The number of hydrogen-bond donors (Lipinski definition) is 1. The Kier molecular flexibility index (Phi) is 5.72. The molecule has 1 unspecified atom stereocenters. The summed E-state index contributed by atoms with van der Waals surface area (Å²) < 4.78 is 5.08. The van der Waals surface area contributed by atoms with Crippen molar-refractivity contribution in [1.29, 1.82) is 0 Å². The second-order valence-corrected chi connectivity index (χ2v) is 6.62. The molecule has 1 saturated heterocycles. The lowest BCUT2D eigenvalue weighted by atomic mass is 9.94. The Morgan fingerprint density at radius 1 is 1.11 bits per heavy atom. The van der Waals surface area contributed by atoms with Gasteiger partial charge in [-0.15, -0.1) is 0 Å². The number of hydrogen-bond acceptors (Lipinski definition) is 4. The van der Waals surface area contributed by atoms with Gasteiger partial charge in [-0.2, -0.15) is 0 Å². The summed E-state index contributed by atoms with van der Waals surface area (Å²) in [5.74, 6) is -1.38. The smallest absolute Gasteiger partial charge is 0.295 e. The molecule has 1 amide bonds. The Labute approximate surface area is 158 Å². The Bertz CT molecular complexity index is 873. The largest absolute Gasteiger partial charge is 0.507 e. The van der Waals surface area contributed by atoms with Gasteiger partial charge in [-0.25, -0.2) is 0 Å². The number of methoxy groups -OCH3 is 1. The van der Waals surface area contributed by atoms with Crippen LogP contribution in [-0.2, 0) is 14.3 Å². The van der Waals surface area contributed by atoms with Crippen LogP contribution in [0.25, 0.3) is 5.76 Å². The third-order valence-electron chi connectivity index (χ3n) is 4.69. The molecule has 2 aromatic carbocycles. The molecule has 0 spiro atoms. The van der Waals surface area contributed by atoms with Gasteiger partial charge in [-0.05, 0) is 18.9 Å². The van der Waals surface area contributed by atoms with Crippen LogP contribution < -0.4 is 0 Å². The lowest BCUT2D eigenvalue weighted by Crippen LogP contribution is -2.31. The summed E-state index contributed by atoms with van der Waals surface area (Å²) in [6, 6.07) is 15.9. The number of benzene rings is 2. The van der Waals surface area contributed by atoms with Crippen LogP contribution in [0.15, 0.2) is 60.2 Å². The van der Waals surface area contributed by atoms with Crippen LogP contribution in [0.5, 0.6) is 0 Å². The molecule has 3 rings (SSSR count). The van der Waals surface area contributed by atoms with Crippen molar-refractivity contribution in [2.24, 2.45) is 0 Å². The molecular weight excluding hydrogens is 342 g/mol. The van der Waals surface area contributed by atoms with E-state index in [1.165, 1.54) is 4.90 Å². The number of aliphatic hydroxyl groups is 1. The van der Waals surface area contributed by atoms with Gasteiger partial charge in [0.05, 0.1) is 11.6 Å². The van der Waals surface area contributed by atoms with Crippen LogP contribution >= 0.6 is 0 Å². The molecule has 1 N–H and O–H groups in total. The highest BCUT2D eigenvalue weighted by Gasteiger charge is 2.45. The Hall–Kier alpha value is -2.92. The minimum Gasteiger partial charge on any atom is -0.507 e. The van der Waals surface area contributed by atoms with Gasteiger partial charge in [0.25, 0.3) is 11.7 Å². The number of carbonyl (C=O) groups is 2. The van der Waals surface area contributed by atoms with Gasteiger partial charge < -0.3 is 14.7 Å². The van der Waals surface area contributed by atoms with E-state index in [9.17, 15) is 14.7 Å². The lowest BCUT2D eigenvalue weighted by molar-refractivity contribution is -0.140. The third kappa shape index (κ3) is 3.78. The quantitative estimate of drug-likeness (QED) is 0.368. The Morgan fingerprint density at radius 3 is 2.52 bits per heavy atom. The van der Waals surface area contributed by atoms with E-state index in [0.717, 1.165) is 11.1 Å². The second kappa shape index (κ2) is 8.18. The standard InChI is InChI=1S/C22H23NO4/c1-15-8-6-11-17(14-15)19-18(20(24)16-9-4-3-5-10-16)21(25)22(26)23(19)12-7-13-27-2/h3-6,8-11,14,19,24H,7,12-13H2,1-2H3/b20-18-. The van der Waals surface area contributed by atoms with E-state index in [0.29, 0.717) is 25.1 Å². The Balaban J connectivity index is 2.12. The number of amides is 1. The average Bonchev–Trinajstić information content (AvgIpc) is 2.93. The van der Waals surface area contributed by atoms with Crippen LogP contribution in [0.2, 0.25) is 0 Å². The fraction of sp³-hybridized carbons (Fsp3) is 0.273. The molecule has 1 aliphatic rings. The molecule has 1 heterocycles. The van der Waals surface area contributed by atoms with Gasteiger partial charge in [0.15, 0.2) is 0 Å². The van der Waals surface area contributed by atoms with Crippen LogP contribution in [0.4, 0.5) is 0 Å². The first kappa shape index (κ1) is 18.9. The lowest BCUT2D eigenvalue weighted by Gasteiger charge is -2.25. The highest BCUT2D eigenvalue weighted by molar-refractivity contribution is 6.46. The number of likely N-dealkylation sites (tertiary alicyclic amines) is 1. The summed E-state index contributed by atoms with van der Waals surface area (Å²) in [5.41, 5.74) is 2.48. The second-order valence-electron chi connectivity index (χ2n) is 6.62. The summed E-state index contributed by atoms with van der Waals surface area (Å²) in [7, 11) is 1.60. The number of aliphatic hydroxyl groups excluding tert-OH is 1. The van der Waals surface area contributed by atoms with E-state index in [1.807, 2.05) is 37.3 Å². The molecule has 1 atom stereocenters. The first-order valence-corrected chi connectivity index (χ1v) is 8.94. The van der Waals surface area contributed by atoms with Gasteiger partial charge in [-0.3, -0.25) is 9.59 Å². The normalized spacial score (nSPS) is 18.9. The zero-order chi connectivity index (χ0) is 19.4. The molecule has 1 fully saturated rings. The fourth-order valence-corrected chi connectivity index (χ4v) is 3.43. The van der Waals surface area contributed by atoms with Crippen molar-refractivity contribution in [2.45, 2.75) is 19.4 Å². The first-order valence-electron chi connectivity index (χ1n) is 8.94. The van der Waals surface area contributed by atoms with Crippen LogP contribution in [-0.4, -0.2) is 42.0 Å². The zero-order valence-corrected chi connectivity index (χ0v) is 15.5. The molecule has 0 saturated carbocycles. The van der Waals surface area contributed by atoms with Gasteiger partial charge in [0.1, 0.15) is 5.76 Å². The van der Waals surface area contributed by atoms with Crippen molar-refractivity contribution in [3.63, 3.8) is 0 Å². The van der Waals surface area contributed by atoms with Crippen LogP contribution in [0.3, 0.4) is 0 Å². The fourth-order valence-electron chi connectivity index (χ4n) is 3.43. The summed E-state index contributed by atoms with van der Waals surface area (Å²) in [5, 5.41) is 10.9. The Morgan fingerprint density at radius 2 is 1.85 bits per heavy atom. The maximum atomic E-state index is 12.8. The van der Waals surface area contributed by atoms with E-state index in [1.54, 1.807) is 31.4 Å². The number of carbonyl (C=O) groups excluding carboxylic acids is 2. The number of rotatable bonds is 6. The van der Waals surface area contributed by atoms with Crippen molar-refractivity contribution in [2.75, 3.05) is 20.3 Å². The van der Waals surface area contributed by atoms with E-state index in [2.05, 4.69) is 0 Å². The van der Waals surface area contributed by atoms with Gasteiger partial charge in [0, 0.05) is 25.8 Å². The topological polar surface area (TPSA) is 66.8 Å². The molecule has 2 aromatic rings. The monoisotopic (exact) mass is 365 g/mol. The molecule has 0 aromatic heterocycles. The molecule has 5 heteroatoms. The average molecular weight is 365 g/mol. The number of ether oxygens (including phenoxy) is 1. The number of ketones is 1. The minimum atomic E-state index is -0.653. The van der Waals surface area contributed by atoms with Crippen LogP contribution in [0.1, 0.15) is 29.2 Å². The number of nitrogens with zero attached hydrogens (tertiary/aromatic N) is 1. The molecule has 0 bridgehead atoms. The molecule has 0 aliphatic carbocycles. The zero-order valence-electron chi connectivity index (χ0n) is 15.5.